The van der Waals surface area contributed by atoms with Crippen LogP contribution in [0.2, 0.25) is 0 Å². The topological polar surface area (TPSA) is 111 Å². The molecule has 0 atom stereocenters. The van der Waals surface area contributed by atoms with Gasteiger partial charge in [-0.15, -0.1) is 0 Å². The molecule has 0 radical (unpaired) electrons. The van der Waals surface area contributed by atoms with Gasteiger partial charge in [0.05, 0.1) is 18.7 Å². The standard InChI is InChI=1S/C23H28N8O2S/c1-28-18-21(17-27-28)34(32,33)29(2)11-12-30-13-15-31(16-14-30)23-22(25-9-10-26-23)20-5-3-19(4-6-20)7-8-24/h3-6,9-10,17-18H,7,11-16H2,1-2H3. The molecule has 10 nitrogen and oxygen atoms in total. The van der Waals surface area contributed by atoms with Gasteiger partial charge in [0, 0.05) is 77.5 Å². The van der Waals surface area contributed by atoms with Crippen LogP contribution in [0.25, 0.3) is 11.3 Å². The summed E-state index contributed by atoms with van der Waals surface area (Å²) in [7, 11) is -0.236. The molecule has 0 aliphatic carbocycles. The number of aryl methyl sites for hydroxylation is 1. The van der Waals surface area contributed by atoms with E-state index in [4.69, 9.17) is 5.26 Å². The Labute approximate surface area is 200 Å². The van der Waals surface area contributed by atoms with Gasteiger partial charge in [0.15, 0.2) is 5.82 Å². The first-order chi connectivity index (χ1) is 16.4. The van der Waals surface area contributed by atoms with Gasteiger partial charge in [-0.25, -0.2) is 13.4 Å². The molecule has 0 bridgehead atoms. The average molecular weight is 481 g/mol. The molecule has 2 aromatic heterocycles. The molecular weight excluding hydrogens is 452 g/mol. The lowest BCUT2D eigenvalue weighted by Gasteiger charge is -2.36. The van der Waals surface area contributed by atoms with E-state index in [1.165, 1.54) is 21.4 Å². The summed E-state index contributed by atoms with van der Waals surface area (Å²) in [6, 6.07) is 10.0. The number of hydrogen-bond donors (Lipinski definition) is 0. The number of anilines is 1. The van der Waals surface area contributed by atoms with Crippen LogP contribution in [0.3, 0.4) is 0 Å². The van der Waals surface area contributed by atoms with Gasteiger partial charge in [0.2, 0.25) is 10.0 Å². The first-order valence-corrected chi connectivity index (χ1v) is 12.5. The SMILES string of the molecule is CN(CCN1CCN(c2nccnc2-c2ccc(CC#N)cc2)CC1)S(=O)(=O)c1cnn(C)c1. The number of benzene rings is 1. The highest BCUT2D eigenvalue weighted by Gasteiger charge is 2.25. The smallest absolute Gasteiger partial charge is 0.245 e. The summed E-state index contributed by atoms with van der Waals surface area (Å²) in [5.41, 5.74) is 2.76. The number of sulfonamides is 1. The summed E-state index contributed by atoms with van der Waals surface area (Å²) in [6.45, 7) is 4.21. The Morgan fingerprint density at radius 2 is 1.79 bits per heavy atom. The predicted octanol–water partition coefficient (Wildman–Crippen LogP) is 1.39. The van der Waals surface area contributed by atoms with E-state index in [0.29, 0.717) is 19.5 Å². The number of rotatable bonds is 8. The zero-order valence-corrected chi connectivity index (χ0v) is 20.2. The van der Waals surface area contributed by atoms with Crippen LogP contribution in [0, 0.1) is 11.3 Å². The summed E-state index contributed by atoms with van der Waals surface area (Å²) in [4.78, 5) is 13.9. The molecule has 11 heteroatoms. The molecule has 1 aromatic carbocycles. The van der Waals surface area contributed by atoms with Crippen LogP contribution in [0.15, 0.2) is 53.9 Å². The Balaban J connectivity index is 1.36. The number of likely N-dealkylation sites (N-methyl/N-ethyl adjacent to an activating group) is 1. The summed E-state index contributed by atoms with van der Waals surface area (Å²) in [6.07, 6.45) is 6.67. The molecule has 0 amide bonds. The van der Waals surface area contributed by atoms with Crippen molar-refractivity contribution < 1.29 is 8.42 Å². The first kappa shape index (κ1) is 23.8. The van der Waals surface area contributed by atoms with Crippen LogP contribution in [0.1, 0.15) is 5.56 Å². The van der Waals surface area contributed by atoms with Crippen LogP contribution in [0.4, 0.5) is 5.82 Å². The molecule has 4 rings (SSSR count). The van der Waals surface area contributed by atoms with Gasteiger partial charge < -0.3 is 4.90 Å². The summed E-state index contributed by atoms with van der Waals surface area (Å²) < 4.78 is 28.3. The molecule has 178 valence electrons. The van der Waals surface area contributed by atoms with E-state index in [2.05, 4.69) is 30.9 Å². The van der Waals surface area contributed by atoms with E-state index < -0.39 is 10.0 Å². The molecule has 34 heavy (non-hydrogen) atoms. The minimum atomic E-state index is -3.54. The van der Waals surface area contributed by atoms with Crippen molar-refractivity contribution in [3.8, 4) is 17.3 Å². The van der Waals surface area contributed by atoms with Crippen molar-refractivity contribution in [3.05, 3.63) is 54.6 Å². The third-order valence-corrected chi connectivity index (χ3v) is 7.79. The number of hydrogen-bond acceptors (Lipinski definition) is 8. The minimum absolute atomic E-state index is 0.207. The van der Waals surface area contributed by atoms with E-state index in [1.807, 2.05) is 24.3 Å². The molecule has 0 N–H and O–H groups in total. The van der Waals surface area contributed by atoms with Crippen molar-refractivity contribution in [1.82, 2.24) is 29.0 Å². The maximum absolute atomic E-state index is 12.7. The van der Waals surface area contributed by atoms with E-state index in [9.17, 15) is 8.42 Å². The van der Waals surface area contributed by atoms with Gasteiger partial charge in [-0.2, -0.15) is 14.7 Å². The monoisotopic (exact) mass is 480 g/mol. The van der Waals surface area contributed by atoms with Crippen molar-refractivity contribution in [2.75, 3.05) is 51.2 Å². The molecular formula is C23H28N8O2S. The molecule has 0 spiro atoms. The lowest BCUT2D eigenvalue weighted by Crippen LogP contribution is -2.49. The fourth-order valence-corrected chi connectivity index (χ4v) is 5.08. The van der Waals surface area contributed by atoms with Gasteiger partial charge in [0.1, 0.15) is 10.6 Å². The zero-order valence-electron chi connectivity index (χ0n) is 19.4. The van der Waals surface area contributed by atoms with Crippen molar-refractivity contribution >= 4 is 15.8 Å². The van der Waals surface area contributed by atoms with E-state index in [0.717, 1.165) is 48.8 Å². The van der Waals surface area contributed by atoms with Crippen molar-refractivity contribution in [2.45, 2.75) is 11.3 Å². The number of piperazine rings is 1. The summed E-state index contributed by atoms with van der Waals surface area (Å²) >= 11 is 0. The van der Waals surface area contributed by atoms with E-state index in [-0.39, 0.29) is 4.90 Å². The van der Waals surface area contributed by atoms with Crippen LogP contribution < -0.4 is 4.90 Å². The van der Waals surface area contributed by atoms with Gasteiger partial charge in [-0.05, 0) is 5.56 Å². The molecule has 3 heterocycles. The number of nitriles is 1. The van der Waals surface area contributed by atoms with Crippen molar-refractivity contribution in [3.63, 3.8) is 0 Å². The quantitative estimate of drug-likeness (QED) is 0.476. The number of aromatic nitrogens is 4. The lowest BCUT2D eigenvalue weighted by molar-refractivity contribution is 0.243. The molecule has 3 aromatic rings. The van der Waals surface area contributed by atoms with Gasteiger partial charge in [-0.1, -0.05) is 24.3 Å². The Bertz CT molecular complexity index is 1260. The van der Waals surface area contributed by atoms with Crippen LogP contribution in [0.5, 0.6) is 0 Å². The highest BCUT2D eigenvalue weighted by atomic mass is 32.2. The molecule has 1 fully saturated rings. The molecule has 1 aliphatic rings. The van der Waals surface area contributed by atoms with Crippen LogP contribution in [-0.4, -0.2) is 83.7 Å². The third-order valence-electron chi connectivity index (χ3n) is 5.98. The highest BCUT2D eigenvalue weighted by Crippen LogP contribution is 2.27. The van der Waals surface area contributed by atoms with Gasteiger partial charge >= 0.3 is 0 Å². The van der Waals surface area contributed by atoms with E-state index in [1.54, 1.807) is 26.5 Å². The summed E-state index contributed by atoms with van der Waals surface area (Å²) in [5, 5.41) is 12.8. The second-order valence-corrected chi connectivity index (χ2v) is 10.3. The second-order valence-electron chi connectivity index (χ2n) is 8.27. The van der Waals surface area contributed by atoms with E-state index >= 15 is 0 Å². The average Bonchev–Trinajstić information content (AvgIpc) is 3.31. The summed E-state index contributed by atoms with van der Waals surface area (Å²) in [5.74, 6) is 0.839. The molecule has 0 unspecified atom stereocenters. The predicted molar refractivity (Wildman–Crippen MR) is 128 cm³/mol. The lowest BCUT2D eigenvalue weighted by atomic mass is 10.1. The maximum atomic E-state index is 12.7. The molecule has 1 aliphatic heterocycles. The Morgan fingerprint density at radius 1 is 1.09 bits per heavy atom. The van der Waals surface area contributed by atoms with Gasteiger partial charge in [-0.3, -0.25) is 14.6 Å². The molecule has 1 saturated heterocycles. The van der Waals surface area contributed by atoms with Crippen molar-refractivity contribution in [2.24, 2.45) is 7.05 Å². The molecule has 0 saturated carbocycles. The Hall–Kier alpha value is -3.33. The zero-order chi connectivity index (χ0) is 24.1. The van der Waals surface area contributed by atoms with Crippen LogP contribution in [-0.2, 0) is 23.5 Å². The maximum Gasteiger partial charge on any atom is 0.245 e. The minimum Gasteiger partial charge on any atom is -0.352 e. The highest BCUT2D eigenvalue weighted by molar-refractivity contribution is 7.89. The fourth-order valence-electron chi connectivity index (χ4n) is 3.94. The van der Waals surface area contributed by atoms with Crippen LogP contribution >= 0.6 is 0 Å². The third kappa shape index (κ3) is 5.25. The fraction of sp³-hybridized carbons (Fsp3) is 0.391. The normalized spacial score (nSPS) is 14.9. The second kappa shape index (κ2) is 10.3. The van der Waals surface area contributed by atoms with Gasteiger partial charge in [0.25, 0.3) is 0 Å². The number of nitrogens with zero attached hydrogens (tertiary/aromatic N) is 8. The Kier molecular flexibility index (Phi) is 7.21. The first-order valence-electron chi connectivity index (χ1n) is 11.1. The Morgan fingerprint density at radius 3 is 2.44 bits per heavy atom. The van der Waals surface area contributed by atoms with Crippen molar-refractivity contribution in [1.29, 1.82) is 5.26 Å². The largest absolute Gasteiger partial charge is 0.352 e.